The van der Waals surface area contributed by atoms with Crippen molar-refractivity contribution >= 4 is 28.7 Å². The minimum Gasteiger partial charge on any atom is -0.478 e. The number of fused-ring (bicyclic) bond motifs is 1. The van der Waals surface area contributed by atoms with E-state index in [0.717, 1.165) is 0 Å². The first-order chi connectivity index (χ1) is 19.7. The zero-order valence-electron chi connectivity index (χ0n) is 22.3. The largest absolute Gasteiger partial charge is 0.478 e. The van der Waals surface area contributed by atoms with E-state index in [-0.39, 0.29) is 23.4 Å². The number of aryl methyl sites for hydroxylation is 1. The summed E-state index contributed by atoms with van der Waals surface area (Å²) in [5, 5.41) is 12.0. The van der Waals surface area contributed by atoms with Crippen LogP contribution in [0, 0.1) is 18.6 Å². The van der Waals surface area contributed by atoms with Crippen molar-refractivity contribution < 1.29 is 28.2 Å². The molecule has 0 aliphatic rings. The van der Waals surface area contributed by atoms with Crippen molar-refractivity contribution in [2.75, 3.05) is 19.0 Å². The van der Waals surface area contributed by atoms with Crippen molar-refractivity contribution in [3.05, 3.63) is 113 Å². The number of imidazole rings is 1. The van der Waals surface area contributed by atoms with E-state index in [1.165, 1.54) is 24.3 Å². The maximum atomic E-state index is 15.4. The van der Waals surface area contributed by atoms with Gasteiger partial charge in [-0.2, -0.15) is 0 Å². The van der Waals surface area contributed by atoms with E-state index in [1.54, 1.807) is 62.6 Å². The molecule has 2 N–H and O–H groups in total. The molecule has 2 aromatic heterocycles. The fourth-order valence-electron chi connectivity index (χ4n) is 4.55. The summed E-state index contributed by atoms with van der Waals surface area (Å²) in [4.78, 5) is 33.1. The van der Waals surface area contributed by atoms with Crippen LogP contribution in [0.1, 0.15) is 37.7 Å². The molecule has 10 heteroatoms. The number of benzene rings is 3. The third kappa shape index (κ3) is 5.97. The molecular weight excluding hydrogens is 530 g/mol. The van der Waals surface area contributed by atoms with Gasteiger partial charge >= 0.3 is 5.97 Å². The molecule has 0 radical (unpaired) electrons. The first-order valence-electron chi connectivity index (χ1n) is 12.8. The van der Waals surface area contributed by atoms with Crippen LogP contribution in [0.4, 0.5) is 14.6 Å². The molecule has 3 aromatic carbocycles. The second-order valence-corrected chi connectivity index (χ2v) is 9.51. The number of anilines is 1. The minimum atomic E-state index is -1.05. The molecule has 0 unspecified atom stereocenters. The highest BCUT2D eigenvalue weighted by molar-refractivity contribution is 6.04. The van der Waals surface area contributed by atoms with E-state index >= 15 is 4.39 Å². The maximum absolute atomic E-state index is 15.4. The fraction of sp³-hybridized carbons (Fsp3) is 0.161. The van der Waals surface area contributed by atoms with Crippen molar-refractivity contribution in [1.82, 2.24) is 14.5 Å². The Morgan fingerprint density at radius 1 is 0.976 bits per heavy atom. The lowest BCUT2D eigenvalue weighted by molar-refractivity contribution is 0.0696. The Kier molecular flexibility index (Phi) is 7.84. The van der Waals surface area contributed by atoms with Crippen LogP contribution in [0.25, 0.3) is 22.3 Å². The quantitative estimate of drug-likeness (QED) is 0.235. The fourth-order valence-corrected chi connectivity index (χ4v) is 4.55. The molecule has 0 saturated heterocycles. The number of pyridine rings is 1. The van der Waals surface area contributed by atoms with Crippen LogP contribution in [-0.2, 0) is 17.7 Å². The van der Waals surface area contributed by atoms with Gasteiger partial charge in [-0.15, -0.1) is 0 Å². The van der Waals surface area contributed by atoms with Crippen LogP contribution in [0.15, 0.2) is 72.8 Å². The average Bonchev–Trinajstić information content (AvgIpc) is 3.29. The van der Waals surface area contributed by atoms with Gasteiger partial charge in [-0.05, 0) is 66.6 Å². The Bertz CT molecular complexity index is 1780. The van der Waals surface area contributed by atoms with Crippen LogP contribution in [0.2, 0.25) is 0 Å². The first-order valence-corrected chi connectivity index (χ1v) is 12.8. The third-order valence-corrected chi connectivity index (χ3v) is 6.65. The number of amides is 1. The Balaban J connectivity index is 1.39. The summed E-state index contributed by atoms with van der Waals surface area (Å²) in [5.74, 6) is -2.02. The number of rotatable bonds is 9. The highest BCUT2D eigenvalue weighted by Gasteiger charge is 2.17. The summed E-state index contributed by atoms with van der Waals surface area (Å²) in [6.45, 7) is 2.51. The van der Waals surface area contributed by atoms with Crippen molar-refractivity contribution in [3.8, 4) is 11.3 Å². The SMILES string of the molecule is COCCn1c(Cc2ccc(-c3cccc(NC(=O)c4ccc(C)cc4F)n3)cc2F)nc2ccc(C(=O)O)cc21. The van der Waals surface area contributed by atoms with E-state index in [9.17, 15) is 19.1 Å². The highest BCUT2D eigenvalue weighted by Crippen LogP contribution is 2.25. The number of nitrogens with one attached hydrogen (secondary N) is 1. The Hall–Kier alpha value is -4.96. The number of hydrogen-bond acceptors (Lipinski definition) is 5. The van der Waals surface area contributed by atoms with E-state index in [1.807, 2.05) is 4.57 Å². The standard InChI is InChI=1S/C31H26F2N4O4/c1-18-6-10-22(24(33)14-18)30(38)36-28-5-3-4-25(34-28)20-8-7-19(23(32)15-20)17-29-35-26-11-9-21(31(39)40)16-27(26)37(29)12-13-41-2/h3-11,14-16H,12-13,17H2,1-2H3,(H,39,40)(H,34,36,38). The molecule has 0 spiro atoms. The number of methoxy groups -OCH3 is 1. The molecular formula is C31H26F2N4O4. The molecule has 0 bridgehead atoms. The van der Waals surface area contributed by atoms with E-state index < -0.39 is 23.5 Å². The zero-order chi connectivity index (χ0) is 29.1. The number of nitrogens with zero attached hydrogens (tertiary/aromatic N) is 3. The van der Waals surface area contributed by atoms with Crippen molar-refractivity contribution in [2.24, 2.45) is 0 Å². The monoisotopic (exact) mass is 556 g/mol. The third-order valence-electron chi connectivity index (χ3n) is 6.65. The number of carboxylic acid groups (broad SMARTS) is 1. The highest BCUT2D eigenvalue weighted by atomic mass is 19.1. The molecule has 2 heterocycles. The van der Waals surface area contributed by atoms with Crippen LogP contribution >= 0.6 is 0 Å². The molecule has 0 saturated carbocycles. The van der Waals surface area contributed by atoms with Crippen LogP contribution in [-0.4, -0.2) is 45.2 Å². The number of carbonyl (C=O) groups excluding carboxylic acids is 1. The van der Waals surface area contributed by atoms with E-state index in [2.05, 4.69) is 15.3 Å². The van der Waals surface area contributed by atoms with Gasteiger partial charge in [0, 0.05) is 25.6 Å². The van der Waals surface area contributed by atoms with Gasteiger partial charge in [0.25, 0.3) is 5.91 Å². The smallest absolute Gasteiger partial charge is 0.335 e. The van der Waals surface area contributed by atoms with Crippen molar-refractivity contribution in [1.29, 1.82) is 0 Å². The Morgan fingerprint density at radius 3 is 2.54 bits per heavy atom. The summed E-state index contributed by atoms with van der Waals surface area (Å²) in [6, 6.07) is 18.6. The second kappa shape index (κ2) is 11.6. The number of halogens is 2. The van der Waals surface area contributed by atoms with Crippen molar-refractivity contribution in [3.63, 3.8) is 0 Å². The predicted octanol–water partition coefficient (Wildman–Crippen LogP) is 5.87. The lowest BCUT2D eigenvalue weighted by atomic mass is 10.1. The van der Waals surface area contributed by atoms with Gasteiger partial charge in [-0.1, -0.05) is 24.3 Å². The molecule has 8 nitrogen and oxygen atoms in total. The molecule has 0 fully saturated rings. The lowest BCUT2D eigenvalue weighted by Gasteiger charge is -2.11. The molecule has 0 aliphatic heterocycles. The average molecular weight is 557 g/mol. The van der Waals surface area contributed by atoms with Gasteiger partial charge < -0.3 is 19.7 Å². The Morgan fingerprint density at radius 2 is 1.80 bits per heavy atom. The minimum absolute atomic E-state index is 0.103. The summed E-state index contributed by atoms with van der Waals surface area (Å²) >= 11 is 0. The number of aromatic nitrogens is 3. The molecule has 0 aliphatic carbocycles. The maximum Gasteiger partial charge on any atom is 0.335 e. The molecule has 41 heavy (non-hydrogen) atoms. The predicted molar refractivity (Wildman–Crippen MR) is 150 cm³/mol. The van der Waals surface area contributed by atoms with Gasteiger partial charge in [-0.25, -0.2) is 23.5 Å². The lowest BCUT2D eigenvalue weighted by Crippen LogP contribution is -2.15. The number of carbonyl (C=O) groups is 2. The van der Waals surface area contributed by atoms with Gasteiger partial charge in [0.15, 0.2) is 0 Å². The number of ether oxygens (including phenoxy) is 1. The molecule has 5 rings (SSSR count). The van der Waals surface area contributed by atoms with Gasteiger partial charge in [0.05, 0.1) is 34.5 Å². The topological polar surface area (TPSA) is 106 Å². The van der Waals surface area contributed by atoms with Crippen LogP contribution < -0.4 is 5.32 Å². The molecule has 1 amide bonds. The molecule has 208 valence electrons. The van der Waals surface area contributed by atoms with Gasteiger partial charge in [0.1, 0.15) is 23.3 Å². The van der Waals surface area contributed by atoms with Crippen LogP contribution in [0.5, 0.6) is 0 Å². The van der Waals surface area contributed by atoms with E-state index in [0.29, 0.717) is 52.4 Å². The first kappa shape index (κ1) is 27.6. The summed E-state index contributed by atoms with van der Waals surface area (Å²) in [6.07, 6.45) is 0.165. The zero-order valence-corrected chi connectivity index (χ0v) is 22.3. The summed E-state index contributed by atoms with van der Waals surface area (Å²) < 4.78 is 36.6. The second-order valence-electron chi connectivity index (χ2n) is 9.51. The normalized spacial score (nSPS) is 11.1. The summed E-state index contributed by atoms with van der Waals surface area (Å²) in [7, 11) is 1.56. The van der Waals surface area contributed by atoms with Crippen molar-refractivity contribution in [2.45, 2.75) is 19.9 Å². The van der Waals surface area contributed by atoms with E-state index in [4.69, 9.17) is 4.74 Å². The van der Waals surface area contributed by atoms with Crippen LogP contribution in [0.3, 0.4) is 0 Å². The number of aromatic carboxylic acids is 1. The van der Waals surface area contributed by atoms with Gasteiger partial charge in [-0.3, -0.25) is 4.79 Å². The Labute approximate surface area is 234 Å². The molecule has 5 aromatic rings. The van der Waals surface area contributed by atoms with Gasteiger partial charge in [0.2, 0.25) is 0 Å². The number of hydrogen-bond donors (Lipinski definition) is 2. The molecule has 0 atom stereocenters. The number of carboxylic acids is 1. The summed E-state index contributed by atoms with van der Waals surface area (Å²) in [5.41, 5.74) is 3.26.